The first kappa shape index (κ1) is 28.9. The molecule has 3 aliphatic rings. The summed E-state index contributed by atoms with van der Waals surface area (Å²) in [4.78, 5) is 57.6. The van der Waals surface area contributed by atoms with Gasteiger partial charge in [0.25, 0.3) is 11.8 Å². The van der Waals surface area contributed by atoms with Crippen LogP contribution in [-0.2, 0) is 4.74 Å². The fourth-order valence-electron chi connectivity index (χ4n) is 6.52. The summed E-state index contributed by atoms with van der Waals surface area (Å²) >= 11 is 0. The van der Waals surface area contributed by atoms with Gasteiger partial charge in [0, 0.05) is 75.9 Å². The number of carbonyl (C=O) groups is 3. The summed E-state index contributed by atoms with van der Waals surface area (Å²) in [5.41, 5.74) is 1.34. The van der Waals surface area contributed by atoms with Crippen LogP contribution in [0.15, 0.2) is 30.6 Å². The second-order valence-electron chi connectivity index (χ2n) is 13.2. The molecule has 0 bridgehead atoms. The minimum Gasteiger partial charge on any atom is -0.444 e. The van der Waals surface area contributed by atoms with Crippen LogP contribution in [0.1, 0.15) is 73.3 Å². The van der Waals surface area contributed by atoms with Crippen molar-refractivity contribution < 1.29 is 19.1 Å². The van der Waals surface area contributed by atoms with Crippen LogP contribution in [0.25, 0.3) is 11.0 Å². The highest BCUT2D eigenvalue weighted by molar-refractivity contribution is 5.98. The van der Waals surface area contributed by atoms with Gasteiger partial charge in [0.05, 0.1) is 5.56 Å². The number of nitrogens with one attached hydrogen (secondary N) is 1. The van der Waals surface area contributed by atoms with Gasteiger partial charge in [0.1, 0.15) is 22.8 Å². The summed E-state index contributed by atoms with van der Waals surface area (Å²) < 4.78 is 7.59. The second kappa shape index (κ2) is 11.1. The standard InChI is InChI=1S/C31H40N8O4/c1-31(2,3)43-30(42)38-17-21-15-37(16-22(21)18-38)27(40)19-10-11-25(32-13-19)34-29-33-14-20-12-24(28(41)36(4)5)39(26(20)35-29)23-8-6-7-9-23/h10-14,21-23H,6-9,15-18H2,1-5H3,(H,32,33,34,35). The third kappa shape index (κ3) is 5.87. The first-order valence-electron chi connectivity index (χ1n) is 15.1. The van der Waals surface area contributed by atoms with Gasteiger partial charge in [-0.05, 0) is 51.8 Å². The van der Waals surface area contributed by atoms with Crippen LogP contribution in [0.4, 0.5) is 16.6 Å². The number of rotatable bonds is 5. The van der Waals surface area contributed by atoms with Gasteiger partial charge >= 0.3 is 6.09 Å². The Kier molecular flexibility index (Phi) is 7.47. The van der Waals surface area contributed by atoms with Gasteiger partial charge in [0.15, 0.2) is 0 Å². The number of hydrogen-bond acceptors (Lipinski definition) is 8. The van der Waals surface area contributed by atoms with Crippen molar-refractivity contribution in [1.82, 2.24) is 34.2 Å². The summed E-state index contributed by atoms with van der Waals surface area (Å²) in [6.07, 6.45) is 7.31. The lowest BCUT2D eigenvalue weighted by Crippen LogP contribution is -2.38. The van der Waals surface area contributed by atoms with E-state index < -0.39 is 5.60 Å². The Morgan fingerprint density at radius 2 is 1.63 bits per heavy atom. The Balaban J connectivity index is 1.12. The predicted octanol–water partition coefficient (Wildman–Crippen LogP) is 4.33. The van der Waals surface area contributed by atoms with Crippen LogP contribution in [0.3, 0.4) is 0 Å². The Morgan fingerprint density at radius 3 is 2.23 bits per heavy atom. The molecule has 2 atom stereocenters. The van der Waals surface area contributed by atoms with Crippen molar-refractivity contribution in [2.24, 2.45) is 11.8 Å². The van der Waals surface area contributed by atoms with Gasteiger partial charge in [0.2, 0.25) is 5.95 Å². The van der Waals surface area contributed by atoms with Crippen molar-refractivity contribution in [3.8, 4) is 0 Å². The molecule has 12 heteroatoms. The molecule has 43 heavy (non-hydrogen) atoms. The van der Waals surface area contributed by atoms with Gasteiger partial charge in [-0.3, -0.25) is 9.59 Å². The number of pyridine rings is 1. The number of carbonyl (C=O) groups excluding carboxylic acids is 3. The lowest BCUT2D eigenvalue weighted by Gasteiger charge is -2.26. The van der Waals surface area contributed by atoms with Crippen molar-refractivity contribution in [3.63, 3.8) is 0 Å². The van der Waals surface area contributed by atoms with Gasteiger partial charge in [-0.1, -0.05) is 12.8 Å². The highest BCUT2D eigenvalue weighted by Gasteiger charge is 2.44. The largest absolute Gasteiger partial charge is 0.444 e. The molecule has 0 spiro atoms. The SMILES string of the molecule is CN(C)C(=O)c1cc2cnc(Nc3ccc(C(=O)N4CC5CN(C(=O)OC(C)(C)C)CC5C4)cn3)nc2n1C1CCCC1. The monoisotopic (exact) mass is 588 g/mol. The van der Waals surface area contributed by atoms with Crippen LogP contribution in [0, 0.1) is 11.8 Å². The van der Waals surface area contributed by atoms with E-state index in [9.17, 15) is 14.4 Å². The molecule has 3 fully saturated rings. The number of fused-ring (bicyclic) bond motifs is 2. The van der Waals surface area contributed by atoms with Gasteiger partial charge < -0.3 is 29.3 Å². The van der Waals surface area contributed by atoms with Crippen molar-refractivity contribution in [3.05, 3.63) is 41.9 Å². The summed E-state index contributed by atoms with van der Waals surface area (Å²) in [5.74, 6) is 1.27. The smallest absolute Gasteiger partial charge is 0.410 e. The molecule has 3 amide bonds. The molecule has 3 aromatic rings. The maximum Gasteiger partial charge on any atom is 0.410 e. The molecule has 228 valence electrons. The van der Waals surface area contributed by atoms with Crippen LogP contribution < -0.4 is 5.32 Å². The Bertz CT molecular complexity index is 1520. The Hall–Kier alpha value is -4.22. The van der Waals surface area contributed by atoms with Gasteiger partial charge in [-0.2, -0.15) is 4.98 Å². The fourth-order valence-corrected chi connectivity index (χ4v) is 6.52. The first-order valence-corrected chi connectivity index (χ1v) is 15.1. The zero-order chi connectivity index (χ0) is 30.5. The minimum atomic E-state index is -0.527. The number of nitrogens with zero attached hydrogens (tertiary/aromatic N) is 7. The van der Waals surface area contributed by atoms with Crippen LogP contribution >= 0.6 is 0 Å². The van der Waals surface area contributed by atoms with E-state index in [2.05, 4.69) is 19.9 Å². The lowest BCUT2D eigenvalue weighted by molar-refractivity contribution is 0.0275. The molecular weight excluding hydrogens is 548 g/mol. The fraction of sp³-hybridized carbons (Fsp3) is 0.548. The molecule has 1 saturated carbocycles. The average molecular weight is 589 g/mol. The first-order chi connectivity index (χ1) is 20.5. The number of aromatic nitrogens is 4. The van der Waals surface area contributed by atoms with E-state index in [4.69, 9.17) is 9.72 Å². The number of hydrogen-bond donors (Lipinski definition) is 1. The summed E-state index contributed by atoms with van der Waals surface area (Å²) in [5, 5.41) is 3.98. The second-order valence-corrected chi connectivity index (χ2v) is 13.2. The molecule has 0 radical (unpaired) electrons. The van der Waals surface area contributed by atoms with E-state index in [1.165, 1.54) is 0 Å². The van der Waals surface area contributed by atoms with Crippen LogP contribution in [0.2, 0.25) is 0 Å². The van der Waals surface area contributed by atoms with Crippen LogP contribution in [0.5, 0.6) is 0 Å². The third-order valence-electron chi connectivity index (χ3n) is 8.57. The Morgan fingerprint density at radius 1 is 0.953 bits per heavy atom. The number of ether oxygens (including phenoxy) is 1. The summed E-state index contributed by atoms with van der Waals surface area (Å²) in [7, 11) is 3.51. The zero-order valence-corrected chi connectivity index (χ0v) is 25.5. The summed E-state index contributed by atoms with van der Waals surface area (Å²) in [6, 6.07) is 5.61. The third-order valence-corrected chi connectivity index (χ3v) is 8.57. The predicted molar refractivity (Wildman–Crippen MR) is 161 cm³/mol. The van der Waals surface area contributed by atoms with Crippen molar-refractivity contribution >= 4 is 40.7 Å². The maximum absolute atomic E-state index is 13.3. The molecule has 5 heterocycles. The highest BCUT2D eigenvalue weighted by atomic mass is 16.6. The highest BCUT2D eigenvalue weighted by Crippen LogP contribution is 2.35. The van der Waals surface area contributed by atoms with Crippen molar-refractivity contribution in [2.45, 2.75) is 58.1 Å². The molecule has 1 aliphatic carbocycles. The molecule has 1 N–H and O–H groups in total. The normalized spacial score (nSPS) is 20.5. The number of amides is 3. The zero-order valence-electron chi connectivity index (χ0n) is 25.5. The quantitative estimate of drug-likeness (QED) is 0.467. The molecule has 2 unspecified atom stereocenters. The van der Waals surface area contributed by atoms with Crippen molar-refractivity contribution in [2.75, 3.05) is 45.6 Å². The van der Waals surface area contributed by atoms with E-state index in [1.54, 1.807) is 48.4 Å². The van der Waals surface area contributed by atoms with Crippen LogP contribution in [-0.4, -0.2) is 98.0 Å². The lowest BCUT2D eigenvalue weighted by atomic mass is 10.0. The topological polar surface area (TPSA) is 126 Å². The molecule has 12 nitrogen and oxygen atoms in total. The molecule has 0 aromatic carbocycles. The van der Waals surface area contributed by atoms with E-state index in [-0.39, 0.29) is 35.8 Å². The van der Waals surface area contributed by atoms with Gasteiger partial charge in [-0.25, -0.2) is 14.8 Å². The molecule has 2 aliphatic heterocycles. The maximum atomic E-state index is 13.3. The van der Waals surface area contributed by atoms with E-state index in [1.807, 2.05) is 31.7 Å². The molecule has 3 aromatic heterocycles. The van der Waals surface area contributed by atoms with E-state index >= 15 is 0 Å². The van der Waals surface area contributed by atoms with Crippen molar-refractivity contribution in [1.29, 1.82) is 0 Å². The number of likely N-dealkylation sites (tertiary alicyclic amines) is 2. The van der Waals surface area contributed by atoms with E-state index in [0.29, 0.717) is 49.2 Å². The summed E-state index contributed by atoms with van der Waals surface area (Å²) in [6.45, 7) is 8.01. The molecule has 6 rings (SSSR count). The Labute approximate surface area is 251 Å². The average Bonchev–Trinajstić information content (AvgIpc) is 3.74. The number of anilines is 2. The molecule has 2 saturated heterocycles. The van der Waals surface area contributed by atoms with Gasteiger partial charge in [-0.15, -0.1) is 0 Å². The minimum absolute atomic E-state index is 0.0525. The van der Waals surface area contributed by atoms with E-state index in [0.717, 1.165) is 36.7 Å². The molecular formula is C31H40N8O4.